The second-order valence-electron chi connectivity index (χ2n) is 6.64. The first kappa shape index (κ1) is 15.5. The Labute approximate surface area is 142 Å². The summed E-state index contributed by atoms with van der Waals surface area (Å²) >= 11 is 1.83. The van der Waals surface area contributed by atoms with Gasteiger partial charge in [0.25, 0.3) is 0 Å². The summed E-state index contributed by atoms with van der Waals surface area (Å²) in [5.41, 5.74) is 1.24. The molecule has 1 aromatic rings. The van der Waals surface area contributed by atoms with Gasteiger partial charge in [-0.2, -0.15) is 0 Å². The second kappa shape index (κ2) is 6.83. The summed E-state index contributed by atoms with van der Waals surface area (Å²) in [6.07, 6.45) is 2.28. The normalized spacial score (nSPS) is 28.1. The van der Waals surface area contributed by atoms with E-state index in [0.29, 0.717) is 11.9 Å². The highest BCUT2D eigenvalue weighted by atomic mass is 32.2. The Hall–Kier alpha value is -1.04. The first-order chi connectivity index (χ1) is 11.3. The Bertz CT molecular complexity index is 574. The molecule has 3 heterocycles. The molecule has 0 aliphatic carbocycles. The highest BCUT2D eigenvalue weighted by Gasteiger charge is 2.37. The predicted octanol–water partition coefficient (Wildman–Crippen LogP) is 2.20. The van der Waals surface area contributed by atoms with Crippen molar-refractivity contribution in [2.45, 2.75) is 29.7 Å². The number of likely N-dealkylation sites (tertiary alicyclic amines) is 1. The summed E-state index contributed by atoms with van der Waals surface area (Å²) < 4.78 is 5.43. The zero-order valence-corrected chi connectivity index (χ0v) is 14.3. The maximum absolute atomic E-state index is 13.1. The molecule has 0 aromatic heterocycles. The van der Waals surface area contributed by atoms with Crippen LogP contribution >= 0.6 is 11.8 Å². The Kier molecular flexibility index (Phi) is 4.60. The molecule has 0 radical (unpaired) electrons. The minimum absolute atomic E-state index is 0.0569. The molecule has 1 aromatic carbocycles. The summed E-state index contributed by atoms with van der Waals surface area (Å²) in [6.45, 7) is 5.59. The highest BCUT2D eigenvalue weighted by Crippen LogP contribution is 2.41. The molecule has 23 heavy (non-hydrogen) atoms. The van der Waals surface area contributed by atoms with Crippen molar-refractivity contribution >= 4 is 17.7 Å². The van der Waals surface area contributed by atoms with Crippen molar-refractivity contribution in [1.29, 1.82) is 0 Å². The van der Waals surface area contributed by atoms with Crippen LogP contribution in [0, 0.1) is 0 Å². The number of rotatable bonds is 3. The van der Waals surface area contributed by atoms with Crippen LogP contribution in [0.1, 0.15) is 24.3 Å². The number of ether oxygens (including phenoxy) is 1. The van der Waals surface area contributed by atoms with Crippen molar-refractivity contribution in [2.75, 3.05) is 45.1 Å². The van der Waals surface area contributed by atoms with Crippen LogP contribution in [-0.2, 0) is 9.53 Å². The smallest absolute Gasteiger partial charge is 0.231 e. The summed E-state index contributed by atoms with van der Waals surface area (Å²) in [6, 6.07) is 8.78. The van der Waals surface area contributed by atoms with Crippen LogP contribution in [0.15, 0.2) is 29.2 Å². The average Bonchev–Trinajstić information content (AvgIpc) is 3.22. The Morgan fingerprint density at radius 3 is 2.91 bits per heavy atom. The number of nitrogens with zero attached hydrogens (tertiary/aromatic N) is 2. The molecule has 0 saturated carbocycles. The zero-order valence-electron chi connectivity index (χ0n) is 13.4. The van der Waals surface area contributed by atoms with E-state index in [4.69, 9.17) is 4.74 Å². The van der Waals surface area contributed by atoms with Gasteiger partial charge in [-0.3, -0.25) is 9.69 Å². The van der Waals surface area contributed by atoms with E-state index in [-0.39, 0.29) is 5.92 Å². The summed E-state index contributed by atoms with van der Waals surface area (Å²) in [5, 5.41) is 0. The number of thioether (sulfide) groups is 1. The van der Waals surface area contributed by atoms with Crippen LogP contribution in [0.25, 0.3) is 0 Å². The molecule has 4 rings (SSSR count). The van der Waals surface area contributed by atoms with Crippen molar-refractivity contribution < 1.29 is 9.53 Å². The topological polar surface area (TPSA) is 32.8 Å². The number of hydrogen-bond acceptors (Lipinski definition) is 4. The van der Waals surface area contributed by atoms with Gasteiger partial charge in [0.2, 0.25) is 5.91 Å². The van der Waals surface area contributed by atoms with Crippen LogP contribution in [0.3, 0.4) is 0 Å². The summed E-state index contributed by atoms with van der Waals surface area (Å²) in [4.78, 5) is 19.0. The third-order valence-electron chi connectivity index (χ3n) is 5.23. The quantitative estimate of drug-likeness (QED) is 0.849. The van der Waals surface area contributed by atoms with Gasteiger partial charge in [-0.1, -0.05) is 18.2 Å². The standard InChI is InChI=1S/C18H24N2O2S/c21-18(16-13-23-17-6-2-1-5-15(16)17)20-7-3-4-14(20)12-19-8-10-22-11-9-19/h1-2,5-6,14,16H,3-4,7-13H2/t14-,16-/m1/s1. The molecule has 0 N–H and O–H groups in total. The van der Waals surface area contributed by atoms with Crippen molar-refractivity contribution in [3.63, 3.8) is 0 Å². The molecule has 124 valence electrons. The van der Waals surface area contributed by atoms with E-state index < -0.39 is 0 Å². The van der Waals surface area contributed by atoms with Crippen LogP contribution in [0.5, 0.6) is 0 Å². The van der Waals surface area contributed by atoms with Crippen LogP contribution in [0.4, 0.5) is 0 Å². The van der Waals surface area contributed by atoms with Crippen molar-refractivity contribution in [3.8, 4) is 0 Å². The van der Waals surface area contributed by atoms with E-state index in [1.807, 2.05) is 11.8 Å². The van der Waals surface area contributed by atoms with Gasteiger partial charge < -0.3 is 9.64 Å². The van der Waals surface area contributed by atoms with E-state index in [2.05, 4.69) is 34.1 Å². The molecule has 2 atom stereocenters. The van der Waals surface area contributed by atoms with Crippen molar-refractivity contribution in [1.82, 2.24) is 9.80 Å². The Balaban J connectivity index is 1.45. The molecule has 1 amide bonds. The minimum atomic E-state index is 0.0569. The molecule has 0 bridgehead atoms. The molecule has 2 saturated heterocycles. The lowest BCUT2D eigenvalue weighted by Crippen LogP contribution is -2.47. The number of hydrogen-bond donors (Lipinski definition) is 0. The average molecular weight is 332 g/mol. The number of fused-ring (bicyclic) bond motifs is 1. The van der Waals surface area contributed by atoms with Crippen molar-refractivity contribution in [2.24, 2.45) is 0 Å². The first-order valence-electron chi connectivity index (χ1n) is 8.65. The molecule has 5 heteroatoms. The van der Waals surface area contributed by atoms with Gasteiger partial charge in [-0.15, -0.1) is 11.8 Å². The number of benzene rings is 1. The number of carbonyl (C=O) groups excluding carboxylic acids is 1. The third kappa shape index (κ3) is 3.14. The number of morpholine rings is 1. The fraction of sp³-hybridized carbons (Fsp3) is 0.611. The summed E-state index contributed by atoms with van der Waals surface area (Å²) in [5.74, 6) is 1.30. The van der Waals surface area contributed by atoms with Crippen molar-refractivity contribution in [3.05, 3.63) is 29.8 Å². The lowest BCUT2D eigenvalue weighted by Gasteiger charge is -2.34. The van der Waals surface area contributed by atoms with Gasteiger partial charge in [-0.25, -0.2) is 0 Å². The predicted molar refractivity (Wildman–Crippen MR) is 91.9 cm³/mol. The van der Waals surface area contributed by atoms with E-state index in [1.54, 1.807) is 0 Å². The van der Waals surface area contributed by atoms with Gasteiger partial charge in [0.15, 0.2) is 0 Å². The van der Waals surface area contributed by atoms with E-state index >= 15 is 0 Å². The van der Waals surface area contributed by atoms with Gasteiger partial charge >= 0.3 is 0 Å². The second-order valence-corrected chi connectivity index (χ2v) is 7.70. The molecule has 0 unspecified atom stereocenters. The Morgan fingerprint density at radius 2 is 2.04 bits per heavy atom. The highest BCUT2D eigenvalue weighted by molar-refractivity contribution is 7.99. The molecule has 0 spiro atoms. The maximum Gasteiger partial charge on any atom is 0.231 e. The molecule has 2 fully saturated rings. The van der Waals surface area contributed by atoms with Gasteiger partial charge in [-0.05, 0) is 24.5 Å². The maximum atomic E-state index is 13.1. The SMILES string of the molecule is O=C([C@@H]1CSc2ccccc21)N1CCC[C@@H]1CN1CCOCC1. The van der Waals surface area contributed by atoms with Gasteiger partial charge in [0, 0.05) is 42.9 Å². The molecular weight excluding hydrogens is 308 g/mol. The summed E-state index contributed by atoms with van der Waals surface area (Å²) in [7, 11) is 0. The fourth-order valence-corrected chi connectivity index (χ4v) is 5.18. The monoisotopic (exact) mass is 332 g/mol. The lowest BCUT2D eigenvalue weighted by molar-refractivity contribution is -0.133. The van der Waals surface area contributed by atoms with Crippen LogP contribution < -0.4 is 0 Å². The van der Waals surface area contributed by atoms with E-state index in [1.165, 1.54) is 10.5 Å². The largest absolute Gasteiger partial charge is 0.379 e. The number of carbonyl (C=O) groups is 1. The minimum Gasteiger partial charge on any atom is -0.379 e. The van der Waals surface area contributed by atoms with Crippen LogP contribution in [-0.4, -0.2) is 66.9 Å². The zero-order chi connectivity index (χ0) is 15.6. The molecule has 3 aliphatic heterocycles. The van der Waals surface area contributed by atoms with Crippen LogP contribution in [0.2, 0.25) is 0 Å². The van der Waals surface area contributed by atoms with E-state index in [0.717, 1.165) is 58.0 Å². The molecular formula is C18H24N2O2S. The first-order valence-corrected chi connectivity index (χ1v) is 9.64. The Morgan fingerprint density at radius 1 is 1.22 bits per heavy atom. The van der Waals surface area contributed by atoms with Gasteiger partial charge in [0.05, 0.1) is 19.1 Å². The third-order valence-corrected chi connectivity index (χ3v) is 6.41. The molecule has 3 aliphatic rings. The lowest BCUT2D eigenvalue weighted by atomic mass is 9.99. The van der Waals surface area contributed by atoms with Gasteiger partial charge in [0.1, 0.15) is 0 Å². The fourth-order valence-electron chi connectivity index (χ4n) is 3.96. The van der Waals surface area contributed by atoms with E-state index in [9.17, 15) is 4.79 Å². The number of amides is 1. The molecule has 4 nitrogen and oxygen atoms in total.